The Morgan fingerprint density at radius 3 is 2.64 bits per heavy atom. The summed E-state index contributed by atoms with van der Waals surface area (Å²) in [4.78, 5) is 31.8. The van der Waals surface area contributed by atoms with Crippen molar-refractivity contribution in [3.05, 3.63) is 103 Å². The third kappa shape index (κ3) is 3.54. The van der Waals surface area contributed by atoms with Crippen LogP contribution in [0.3, 0.4) is 0 Å². The number of para-hydroxylation sites is 1. The summed E-state index contributed by atoms with van der Waals surface area (Å²) in [7, 11) is 1.99. The van der Waals surface area contributed by atoms with Crippen LogP contribution in [0.15, 0.2) is 81.9 Å². The molecule has 0 unspecified atom stereocenters. The maximum Gasteiger partial charge on any atom is 0.338 e. The van der Waals surface area contributed by atoms with Crippen molar-refractivity contribution in [3.63, 3.8) is 0 Å². The number of thiazole rings is 1. The van der Waals surface area contributed by atoms with Gasteiger partial charge in [0.2, 0.25) is 0 Å². The fourth-order valence-corrected chi connectivity index (χ4v) is 5.41. The van der Waals surface area contributed by atoms with Gasteiger partial charge in [0.1, 0.15) is 0 Å². The number of benzene rings is 2. The lowest BCUT2D eigenvalue weighted by molar-refractivity contribution is -0.139. The van der Waals surface area contributed by atoms with E-state index in [0.717, 1.165) is 22.0 Å². The van der Waals surface area contributed by atoms with Crippen molar-refractivity contribution in [1.82, 2.24) is 9.13 Å². The fourth-order valence-electron chi connectivity index (χ4n) is 4.37. The molecular weight excluding hydrogens is 434 g/mol. The molecule has 0 fully saturated rings. The Bertz CT molecular complexity index is 1590. The highest BCUT2D eigenvalue weighted by atomic mass is 32.1. The number of hydrogen-bond acceptors (Lipinski definition) is 5. The summed E-state index contributed by atoms with van der Waals surface area (Å²) in [5.74, 6) is -0.448. The highest BCUT2D eigenvalue weighted by Crippen LogP contribution is 2.30. The van der Waals surface area contributed by atoms with Crippen LogP contribution in [0, 0.1) is 0 Å². The zero-order valence-corrected chi connectivity index (χ0v) is 19.4. The van der Waals surface area contributed by atoms with Crippen LogP contribution in [-0.4, -0.2) is 21.7 Å². The topological polar surface area (TPSA) is 65.6 Å². The Morgan fingerprint density at radius 2 is 1.88 bits per heavy atom. The van der Waals surface area contributed by atoms with Gasteiger partial charge in [0.05, 0.1) is 28.5 Å². The second kappa shape index (κ2) is 8.33. The Balaban J connectivity index is 1.75. The summed E-state index contributed by atoms with van der Waals surface area (Å²) in [5.41, 5.74) is 3.70. The van der Waals surface area contributed by atoms with Gasteiger partial charge >= 0.3 is 5.97 Å². The van der Waals surface area contributed by atoms with E-state index in [1.165, 1.54) is 11.3 Å². The van der Waals surface area contributed by atoms with Gasteiger partial charge in [-0.2, -0.15) is 0 Å². The second-order valence-corrected chi connectivity index (χ2v) is 8.93. The molecular formula is C26H23N3O3S. The Kier molecular flexibility index (Phi) is 5.34. The van der Waals surface area contributed by atoms with E-state index in [1.807, 2.05) is 72.4 Å². The zero-order valence-electron chi connectivity index (χ0n) is 18.6. The Labute approximate surface area is 194 Å². The molecule has 33 heavy (non-hydrogen) atoms. The van der Waals surface area contributed by atoms with Crippen LogP contribution >= 0.6 is 11.3 Å². The zero-order chi connectivity index (χ0) is 23.1. The SMILES string of the molecule is CCOC(=O)C1=C(C)N=c2sc(=Cc3cn(C)c4ccccc34)c(=O)n2[C@H]1c1ccccc1. The molecule has 166 valence electrons. The van der Waals surface area contributed by atoms with Gasteiger partial charge in [-0.05, 0) is 31.6 Å². The van der Waals surface area contributed by atoms with Crippen molar-refractivity contribution >= 4 is 34.3 Å². The predicted molar refractivity (Wildman–Crippen MR) is 130 cm³/mol. The number of rotatable bonds is 4. The van der Waals surface area contributed by atoms with E-state index >= 15 is 0 Å². The van der Waals surface area contributed by atoms with E-state index in [0.29, 0.717) is 20.6 Å². The number of ether oxygens (including phenoxy) is 1. The van der Waals surface area contributed by atoms with E-state index in [1.54, 1.807) is 18.4 Å². The van der Waals surface area contributed by atoms with Gasteiger partial charge in [0.25, 0.3) is 5.56 Å². The molecule has 0 saturated carbocycles. The van der Waals surface area contributed by atoms with Crippen LogP contribution < -0.4 is 14.9 Å². The van der Waals surface area contributed by atoms with Crippen LogP contribution in [0.5, 0.6) is 0 Å². The number of fused-ring (bicyclic) bond motifs is 2. The average molecular weight is 458 g/mol. The molecule has 5 rings (SSSR count). The van der Waals surface area contributed by atoms with Crippen molar-refractivity contribution < 1.29 is 9.53 Å². The molecule has 6 nitrogen and oxygen atoms in total. The van der Waals surface area contributed by atoms with E-state index in [2.05, 4.69) is 11.1 Å². The largest absolute Gasteiger partial charge is 0.463 e. The van der Waals surface area contributed by atoms with E-state index in [9.17, 15) is 9.59 Å². The number of carbonyl (C=O) groups excluding carboxylic acids is 1. The molecule has 1 aliphatic heterocycles. The molecule has 3 heterocycles. The highest BCUT2D eigenvalue weighted by Gasteiger charge is 2.33. The van der Waals surface area contributed by atoms with Crippen LogP contribution in [0.4, 0.5) is 0 Å². The second-order valence-electron chi connectivity index (χ2n) is 7.93. The smallest absolute Gasteiger partial charge is 0.338 e. The van der Waals surface area contributed by atoms with E-state index in [-0.39, 0.29) is 12.2 Å². The molecule has 0 spiro atoms. The van der Waals surface area contributed by atoms with E-state index < -0.39 is 12.0 Å². The molecule has 0 aliphatic carbocycles. The van der Waals surface area contributed by atoms with Gasteiger partial charge in [0, 0.05) is 29.7 Å². The maximum atomic E-state index is 13.7. The third-order valence-corrected chi connectivity index (χ3v) is 6.83. The molecule has 0 amide bonds. The lowest BCUT2D eigenvalue weighted by Crippen LogP contribution is -2.39. The minimum absolute atomic E-state index is 0.171. The summed E-state index contributed by atoms with van der Waals surface area (Å²) in [5, 5.41) is 1.08. The van der Waals surface area contributed by atoms with Crippen molar-refractivity contribution in [2.45, 2.75) is 19.9 Å². The molecule has 0 N–H and O–H groups in total. The number of aromatic nitrogens is 2. The van der Waals surface area contributed by atoms with Crippen molar-refractivity contribution in [3.8, 4) is 0 Å². The van der Waals surface area contributed by atoms with E-state index in [4.69, 9.17) is 4.74 Å². The quantitative estimate of drug-likeness (QED) is 0.442. The lowest BCUT2D eigenvalue weighted by atomic mass is 9.96. The first-order valence-electron chi connectivity index (χ1n) is 10.8. The normalized spacial score (nSPS) is 16.1. The summed E-state index contributed by atoms with van der Waals surface area (Å²) < 4.78 is 9.58. The predicted octanol–water partition coefficient (Wildman–Crippen LogP) is 3.29. The minimum atomic E-state index is -0.587. The van der Waals surface area contributed by atoms with Gasteiger partial charge in [-0.25, -0.2) is 9.79 Å². The minimum Gasteiger partial charge on any atom is -0.463 e. The number of nitrogens with zero attached hydrogens (tertiary/aromatic N) is 3. The first kappa shape index (κ1) is 21.2. The monoisotopic (exact) mass is 457 g/mol. The first-order valence-corrected chi connectivity index (χ1v) is 11.6. The molecule has 2 aromatic carbocycles. The molecule has 0 bridgehead atoms. The maximum absolute atomic E-state index is 13.7. The number of carbonyl (C=O) groups is 1. The molecule has 0 saturated heterocycles. The Morgan fingerprint density at radius 1 is 1.15 bits per heavy atom. The standard InChI is InChI=1S/C26H23N3O3S/c1-4-32-25(31)22-16(2)27-26-29(23(22)17-10-6-5-7-11-17)24(30)21(33-26)14-18-15-28(3)20-13-9-8-12-19(18)20/h5-15,23H,4H2,1-3H3/t23-/m0/s1. The fraction of sp³-hybridized carbons (Fsp3) is 0.192. The lowest BCUT2D eigenvalue weighted by Gasteiger charge is -2.24. The summed E-state index contributed by atoms with van der Waals surface area (Å²) in [6.45, 7) is 3.82. The average Bonchev–Trinajstić information content (AvgIpc) is 3.30. The molecule has 1 aliphatic rings. The van der Waals surface area contributed by atoms with Crippen LogP contribution in [0.1, 0.15) is 31.0 Å². The van der Waals surface area contributed by atoms with Gasteiger partial charge in [0.15, 0.2) is 4.80 Å². The number of hydrogen-bond donors (Lipinski definition) is 0. The molecule has 2 aromatic heterocycles. The van der Waals surface area contributed by atoms with Crippen LogP contribution in [-0.2, 0) is 16.6 Å². The first-order chi connectivity index (χ1) is 16.0. The Hall–Kier alpha value is -3.71. The van der Waals surface area contributed by atoms with Crippen LogP contribution in [0.25, 0.3) is 17.0 Å². The van der Waals surface area contributed by atoms with Crippen LogP contribution in [0.2, 0.25) is 0 Å². The van der Waals surface area contributed by atoms with Crippen molar-refractivity contribution in [2.75, 3.05) is 6.61 Å². The third-order valence-electron chi connectivity index (χ3n) is 5.85. The molecule has 7 heteroatoms. The number of esters is 1. The van der Waals surface area contributed by atoms with Gasteiger partial charge in [-0.3, -0.25) is 9.36 Å². The highest BCUT2D eigenvalue weighted by molar-refractivity contribution is 7.07. The molecule has 4 aromatic rings. The summed E-state index contributed by atoms with van der Waals surface area (Å²) in [6, 6.07) is 17.1. The summed E-state index contributed by atoms with van der Waals surface area (Å²) >= 11 is 1.34. The van der Waals surface area contributed by atoms with Crippen molar-refractivity contribution in [2.24, 2.45) is 12.0 Å². The van der Waals surface area contributed by atoms with Gasteiger partial charge in [-0.1, -0.05) is 59.9 Å². The molecule has 1 atom stereocenters. The van der Waals surface area contributed by atoms with Crippen molar-refractivity contribution in [1.29, 1.82) is 0 Å². The molecule has 0 radical (unpaired) electrons. The summed E-state index contributed by atoms with van der Waals surface area (Å²) in [6.07, 6.45) is 3.93. The van der Waals surface area contributed by atoms with Gasteiger partial charge in [-0.15, -0.1) is 0 Å². The number of allylic oxidation sites excluding steroid dienone is 1. The van der Waals surface area contributed by atoms with Gasteiger partial charge < -0.3 is 9.30 Å². The number of aryl methyl sites for hydroxylation is 1.